The molecule has 0 spiro atoms. The molecule has 2 heterocycles. The fourth-order valence-corrected chi connectivity index (χ4v) is 2.80. The average molecular weight is 294 g/mol. The maximum Gasteiger partial charge on any atom is 0.317 e. The van der Waals surface area contributed by atoms with Gasteiger partial charge in [0.05, 0.1) is 12.0 Å². The number of likely N-dealkylation sites (tertiary alicyclic amines) is 1. The number of carboxylic acid groups (broad SMARTS) is 1. The number of aliphatic carboxylic acids is 1. The maximum absolute atomic E-state index is 12.3. The van der Waals surface area contributed by atoms with Crippen molar-refractivity contribution in [3.05, 3.63) is 23.2 Å². The fourth-order valence-electron chi connectivity index (χ4n) is 2.80. The standard InChI is InChI=1S/C15H22N2O4/c1-9-7-13(11(3)21-9)10(2)16-15(20)17-6-4-5-12(8-17)14(18)19/h7,10,12H,4-6,8H2,1-3H3,(H,16,20)(H,18,19)/t10?,12-/m1/s1. The SMILES string of the molecule is Cc1cc(C(C)NC(=O)N2CCC[C@@H](C(=O)O)C2)c(C)o1. The number of rotatable bonds is 3. The third-order valence-electron chi connectivity index (χ3n) is 3.94. The van der Waals surface area contributed by atoms with Crippen molar-refractivity contribution in [2.45, 2.75) is 39.7 Å². The molecule has 0 aromatic carbocycles. The number of nitrogens with one attached hydrogen (secondary N) is 1. The van der Waals surface area contributed by atoms with Gasteiger partial charge >= 0.3 is 12.0 Å². The van der Waals surface area contributed by atoms with E-state index in [9.17, 15) is 9.59 Å². The zero-order valence-corrected chi connectivity index (χ0v) is 12.7. The zero-order chi connectivity index (χ0) is 15.6. The van der Waals surface area contributed by atoms with Crippen molar-refractivity contribution in [2.75, 3.05) is 13.1 Å². The van der Waals surface area contributed by atoms with Crippen LogP contribution in [-0.2, 0) is 4.79 Å². The Morgan fingerprint density at radius 1 is 1.48 bits per heavy atom. The molecule has 116 valence electrons. The van der Waals surface area contributed by atoms with Crippen LogP contribution in [0.25, 0.3) is 0 Å². The van der Waals surface area contributed by atoms with Crippen LogP contribution >= 0.6 is 0 Å². The number of amides is 2. The van der Waals surface area contributed by atoms with E-state index in [0.29, 0.717) is 13.0 Å². The van der Waals surface area contributed by atoms with Gasteiger partial charge in [0.25, 0.3) is 0 Å². The minimum Gasteiger partial charge on any atom is -0.481 e. The molecule has 1 aliphatic heterocycles. The first-order valence-corrected chi connectivity index (χ1v) is 7.23. The molecule has 1 aromatic rings. The van der Waals surface area contributed by atoms with Crippen molar-refractivity contribution < 1.29 is 19.1 Å². The van der Waals surface area contributed by atoms with Crippen molar-refractivity contribution in [3.8, 4) is 0 Å². The first kappa shape index (κ1) is 15.4. The van der Waals surface area contributed by atoms with Gasteiger partial charge in [-0.15, -0.1) is 0 Å². The molecule has 2 rings (SSSR count). The Balaban J connectivity index is 1.97. The molecule has 1 aromatic heterocycles. The van der Waals surface area contributed by atoms with Gasteiger partial charge in [-0.3, -0.25) is 4.79 Å². The summed E-state index contributed by atoms with van der Waals surface area (Å²) in [6.07, 6.45) is 1.36. The van der Waals surface area contributed by atoms with Crippen LogP contribution < -0.4 is 5.32 Å². The Hall–Kier alpha value is -1.98. The van der Waals surface area contributed by atoms with Crippen molar-refractivity contribution in [1.82, 2.24) is 10.2 Å². The summed E-state index contributed by atoms with van der Waals surface area (Å²) in [6, 6.07) is 1.53. The van der Waals surface area contributed by atoms with Gasteiger partial charge in [-0.2, -0.15) is 0 Å². The molecule has 0 radical (unpaired) electrons. The smallest absolute Gasteiger partial charge is 0.317 e. The minimum absolute atomic E-state index is 0.167. The molecule has 0 aliphatic carbocycles. The lowest BCUT2D eigenvalue weighted by molar-refractivity contribution is -0.143. The molecular weight excluding hydrogens is 272 g/mol. The minimum atomic E-state index is -0.832. The number of furan rings is 1. The van der Waals surface area contributed by atoms with Crippen molar-refractivity contribution in [2.24, 2.45) is 5.92 Å². The van der Waals surface area contributed by atoms with Gasteiger partial charge in [0, 0.05) is 18.7 Å². The number of urea groups is 1. The number of carbonyl (C=O) groups is 2. The average Bonchev–Trinajstić information content (AvgIpc) is 2.77. The molecule has 2 atom stereocenters. The number of hydrogen-bond donors (Lipinski definition) is 2. The molecule has 6 nitrogen and oxygen atoms in total. The van der Waals surface area contributed by atoms with E-state index in [1.165, 1.54) is 0 Å². The van der Waals surface area contributed by atoms with Crippen LogP contribution in [0.5, 0.6) is 0 Å². The molecule has 2 amide bonds. The molecule has 6 heteroatoms. The van der Waals surface area contributed by atoms with Crippen molar-refractivity contribution in [1.29, 1.82) is 0 Å². The number of piperidine rings is 1. The molecule has 1 aliphatic rings. The lowest BCUT2D eigenvalue weighted by Gasteiger charge is -2.31. The Morgan fingerprint density at radius 3 is 2.76 bits per heavy atom. The summed E-state index contributed by atoms with van der Waals surface area (Å²) in [5.41, 5.74) is 0.952. The second-order valence-corrected chi connectivity index (χ2v) is 5.66. The normalized spacial score (nSPS) is 20.1. The Bertz CT molecular complexity index is 538. The second-order valence-electron chi connectivity index (χ2n) is 5.66. The lowest BCUT2D eigenvalue weighted by Crippen LogP contribution is -2.47. The molecule has 0 saturated carbocycles. The summed E-state index contributed by atoms with van der Waals surface area (Å²) in [6.45, 7) is 6.51. The van der Waals surface area contributed by atoms with Crippen molar-refractivity contribution in [3.63, 3.8) is 0 Å². The molecule has 21 heavy (non-hydrogen) atoms. The molecule has 1 saturated heterocycles. The van der Waals surface area contributed by atoms with E-state index in [1.54, 1.807) is 4.90 Å². The van der Waals surface area contributed by atoms with Gasteiger partial charge < -0.3 is 19.7 Å². The van der Waals surface area contributed by atoms with E-state index in [4.69, 9.17) is 9.52 Å². The van der Waals surface area contributed by atoms with E-state index in [0.717, 1.165) is 23.5 Å². The van der Waals surface area contributed by atoms with Gasteiger partial charge in [-0.1, -0.05) is 0 Å². The molecule has 2 N–H and O–H groups in total. The predicted molar refractivity (Wildman–Crippen MR) is 77.1 cm³/mol. The zero-order valence-electron chi connectivity index (χ0n) is 12.7. The topological polar surface area (TPSA) is 82.8 Å². The Kier molecular flexibility index (Phi) is 4.55. The number of carboxylic acids is 1. The van der Waals surface area contributed by atoms with Gasteiger partial charge in [0.15, 0.2) is 0 Å². The van der Waals surface area contributed by atoms with Crippen LogP contribution in [0.2, 0.25) is 0 Å². The number of aryl methyl sites for hydroxylation is 2. The lowest BCUT2D eigenvalue weighted by atomic mass is 9.98. The molecule has 1 unspecified atom stereocenters. The Labute approximate surface area is 124 Å². The number of hydrogen-bond acceptors (Lipinski definition) is 3. The first-order valence-electron chi connectivity index (χ1n) is 7.23. The van der Waals surface area contributed by atoms with E-state index >= 15 is 0 Å². The maximum atomic E-state index is 12.3. The van der Waals surface area contributed by atoms with Gasteiger partial charge in [-0.05, 0) is 39.7 Å². The second kappa shape index (κ2) is 6.20. The van der Waals surface area contributed by atoms with Crippen LogP contribution in [0.3, 0.4) is 0 Å². The summed E-state index contributed by atoms with van der Waals surface area (Å²) in [5, 5.41) is 12.0. The third kappa shape index (κ3) is 3.56. The van der Waals surface area contributed by atoms with Gasteiger partial charge in [0.2, 0.25) is 0 Å². The molecular formula is C15H22N2O4. The van der Waals surface area contributed by atoms with Crippen LogP contribution in [0.4, 0.5) is 4.79 Å². The van der Waals surface area contributed by atoms with Gasteiger partial charge in [0.1, 0.15) is 11.5 Å². The van der Waals surface area contributed by atoms with Gasteiger partial charge in [-0.25, -0.2) is 4.79 Å². The monoisotopic (exact) mass is 294 g/mol. The molecule has 0 bridgehead atoms. The van der Waals surface area contributed by atoms with E-state index in [2.05, 4.69) is 5.32 Å². The van der Waals surface area contributed by atoms with Crippen LogP contribution in [0, 0.1) is 19.8 Å². The quantitative estimate of drug-likeness (QED) is 0.897. The Morgan fingerprint density at radius 2 is 2.19 bits per heavy atom. The van der Waals surface area contributed by atoms with Crippen LogP contribution in [0.1, 0.15) is 42.9 Å². The third-order valence-corrected chi connectivity index (χ3v) is 3.94. The summed E-state index contributed by atoms with van der Waals surface area (Å²) in [4.78, 5) is 24.9. The highest BCUT2D eigenvalue weighted by Gasteiger charge is 2.29. The van der Waals surface area contributed by atoms with E-state index in [-0.39, 0.29) is 18.6 Å². The van der Waals surface area contributed by atoms with Crippen LogP contribution in [0.15, 0.2) is 10.5 Å². The first-order chi connectivity index (χ1) is 9.88. The summed E-state index contributed by atoms with van der Waals surface area (Å²) >= 11 is 0. The molecule has 1 fully saturated rings. The highest BCUT2D eigenvalue weighted by atomic mass is 16.4. The highest BCUT2D eigenvalue weighted by molar-refractivity contribution is 5.77. The fraction of sp³-hybridized carbons (Fsp3) is 0.600. The largest absolute Gasteiger partial charge is 0.481 e. The number of carbonyl (C=O) groups excluding carboxylic acids is 1. The predicted octanol–water partition coefficient (Wildman–Crippen LogP) is 2.46. The summed E-state index contributed by atoms with van der Waals surface area (Å²) in [7, 11) is 0. The van der Waals surface area contributed by atoms with Crippen molar-refractivity contribution >= 4 is 12.0 Å². The van der Waals surface area contributed by atoms with Crippen LogP contribution in [-0.4, -0.2) is 35.1 Å². The number of nitrogens with zero attached hydrogens (tertiary/aromatic N) is 1. The highest BCUT2D eigenvalue weighted by Crippen LogP contribution is 2.22. The summed E-state index contributed by atoms with van der Waals surface area (Å²) < 4.78 is 5.47. The van der Waals surface area contributed by atoms with E-state index < -0.39 is 11.9 Å². The summed E-state index contributed by atoms with van der Waals surface area (Å²) in [5.74, 6) is 0.314. The van der Waals surface area contributed by atoms with E-state index in [1.807, 2.05) is 26.8 Å².